The van der Waals surface area contributed by atoms with E-state index in [1.54, 1.807) is 30.3 Å². The Hall–Kier alpha value is -1.51. The number of carbonyl (C=O) groups excluding carboxylic acids is 1. The summed E-state index contributed by atoms with van der Waals surface area (Å²) in [5.41, 5.74) is 0.648. The number of amides is 1. The van der Waals surface area contributed by atoms with E-state index in [-0.39, 0.29) is 17.5 Å². The summed E-state index contributed by atoms with van der Waals surface area (Å²) in [4.78, 5) is 12.2. The van der Waals surface area contributed by atoms with Gasteiger partial charge in [-0.3, -0.25) is 0 Å². The molecule has 0 bridgehead atoms. The number of halogens is 3. The average Bonchev–Trinajstić information content (AvgIpc) is 2.68. The van der Waals surface area contributed by atoms with Gasteiger partial charge in [-0.2, -0.15) is 4.31 Å². The van der Waals surface area contributed by atoms with Crippen LogP contribution in [-0.4, -0.2) is 37.9 Å². The highest BCUT2D eigenvalue weighted by atomic mass is 35.5. The summed E-state index contributed by atoms with van der Waals surface area (Å²) in [6.45, 7) is 0.628. The van der Waals surface area contributed by atoms with Gasteiger partial charge in [0.05, 0.1) is 4.90 Å². The number of hydrogen-bond acceptors (Lipinski definition) is 4. The number of rotatable bonds is 5. The molecule has 0 atom stereocenters. The van der Waals surface area contributed by atoms with Gasteiger partial charge in [0.1, 0.15) is 6.61 Å². The monoisotopic (exact) mass is 476 g/mol. The highest BCUT2D eigenvalue weighted by Gasteiger charge is 2.30. The van der Waals surface area contributed by atoms with E-state index in [0.717, 1.165) is 0 Å². The average molecular weight is 478 g/mol. The van der Waals surface area contributed by atoms with E-state index in [1.165, 1.54) is 16.4 Å². The smallest absolute Gasteiger partial charge is 0.407 e. The molecule has 0 unspecified atom stereocenters. The molecule has 0 aliphatic carbocycles. The van der Waals surface area contributed by atoms with Crippen LogP contribution < -0.4 is 5.32 Å². The van der Waals surface area contributed by atoms with E-state index in [0.29, 0.717) is 46.6 Å². The molecule has 1 fully saturated rings. The lowest BCUT2D eigenvalue weighted by Gasteiger charge is -2.31. The lowest BCUT2D eigenvalue weighted by atomic mass is 10.1. The molecule has 29 heavy (non-hydrogen) atoms. The number of piperidine rings is 1. The van der Waals surface area contributed by atoms with E-state index in [9.17, 15) is 13.2 Å². The molecular weight excluding hydrogens is 459 g/mol. The van der Waals surface area contributed by atoms with Crippen LogP contribution in [0.5, 0.6) is 0 Å². The van der Waals surface area contributed by atoms with Gasteiger partial charge in [-0.1, -0.05) is 40.9 Å². The molecule has 1 N–H and O–H groups in total. The first kappa shape index (κ1) is 22.2. The third-order valence-corrected chi connectivity index (χ3v) is 7.35. The molecule has 1 aliphatic heterocycles. The molecule has 2 aromatic rings. The summed E-state index contributed by atoms with van der Waals surface area (Å²) in [5, 5.41) is 4.17. The second kappa shape index (κ2) is 9.53. The zero-order valence-electron chi connectivity index (χ0n) is 15.3. The van der Waals surface area contributed by atoms with Crippen molar-refractivity contribution in [3.05, 3.63) is 63.1 Å². The molecule has 1 heterocycles. The molecule has 10 heteroatoms. The fraction of sp³-hybridized carbons (Fsp3) is 0.316. The van der Waals surface area contributed by atoms with Crippen molar-refractivity contribution in [1.29, 1.82) is 0 Å². The molecule has 156 valence electrons. The molecular formula is C19H19Cl3N2O4S. The van der Waals surface area contributed by atoms with Crippen molar-refractivity contribution in [1.82, 2.24) is 9.62 Å². The Bertz CT molecular complexity index is 975. The van der Waals surface area contributed by atoms with Crippen LogP contribution in [0.2, 0.25) is 15.1 Å². The minimum absolute atomic E-state index is 0.0195. The van der Waals surface area contributed by atoms with Crippen LogP contribution >= 0.6 is 34.8 Å². The zero-order chi connectivity index (χ0) is 21.0. The number of sulfonamides is 1. The Balaban J connectivity index is 1.49. The predicted octanol–water partition coefficient (Wildman–Crippen LogP) is 4.73. The van der Waals surface area contributed by atoms with Crippen LogP contribution in [0, 0.1) is 0 Å². The first-order valence-electron chi connectivity index (χ1n) is 8.88. The predicted molar refractivity (Wildman–Crippen MR) is 113 cm³/mol. The van der Waals surface area contributed by atoms with E-state index < -0.39 is 16.1 Å². The van der Waals surface area contributed by atoms with Gasteiger partial charge >= 0.3 is 6.09 Å². The number of alkyl carbamates (subject to hydrolysis) is 1. The standard InChI is InChI=1S/C19H19Cl3N2O4S/c20-14-3-5-17(6-4-14)29(26,27)24-9-7-16(8-10-24)23-19(25)28-12-13-1-2-15(21)11-18(13)22/h1-6,11,16H,7-10,12H2,(H,23,25). The minimum atomic E-state index is -3.58. The van der Waals surface area contributed by atoms with Crippen LogP contribution in [0.25, 0.3) is 0 Å². The topological polar surface area (TPSA) is 75.7 Å². The van der Waals surface area contributed by atoms with Crippen LogP contribution in [-0.2, 0) is 21.4 Å². The van der Waals surface area contributed by atoms with Gasteiger partial charge in [0.2, 0.25) is 10.0 Å². The van der Waals surface area contributed by atoms with Gasteiger partial charge in [0, 0.05) is 39.8 Å². The normalized spacial score (nSPS) is 15.8. The molecule has 0 radical (unpaired) electrons. The molecule has 1 amide bonds. The summed E-state index contributed by atoms with van der Waals surface area (Å²) in [6.07, 6.45) is 0.405. The van der Waals surface area contributed by atoms with Gasteiger partial charge in [0.15, 0.2) is 0 Å². The minimum Gasteiger partial charge on any atom is -0.445 e. The Labute approximate surface area is 184 Å². The first-order chi connectivity index (χ1) is 13.8. The number of nitrogens with one attached hydrogen (secondary N) is 1. The summed E-state index contributed by atoms with van der Waals surface area (Å²) < 4.78 is 32.0. The van der Waals surface area contributed by atoms with Crippen molar-refractivity contribution in [2.45, 2.75) is 30.4 Å². The van der Waals surface area contributed by atoms with Gasteiger partial charge in [0.25, 0.3) is 0 Å². The second-order valence-corrected chi connectivity index (χ2v) is 9.81. The number of benzene rings is 2. The Morgan fingerprint density at radius 1 is 1.03 bits per heavy atom. The van der Waals surface area contributed by atoms with Crippen molar-refractivity contribution in [3.8, 4) is 0 Å². The number of hydrogen-bond donors (Lipinski definition) is 1. The maximum absolute atomic E-state index is 12.7. The number of ether oxygens (including phenoxy) is 1. The maximum Gasteiger partial charge on any atom is 0.407 e. The maximum atomic E-state index is 12.7. The lowest BCUT2D eigenvalue weighted by molar-refractivity contribution is 0.131. The van der Waals surface area contributed by atoms with Crippen molar-refractivity contribution in [2.24, 2.45) is 0 Å². The summed E-state index contributed by atoms with van der Waals surface area (Å²) in [6, 6.07) is 10.8. The van der Waals surface area contributed by atoms with Crippen molar-refractivity contribution >= 4 is 50.9 Å². The number of carbonyl (C=O) groups is 1. The second-order valence-electron chi connectivity index (χ2n) is 6.59. The summed E-state index contributed by atoms with van der Waals surface area (Å²) >= 11 is 17.7. The van der Waals surface area contributed by atoms with Gasteiger partial charge in [-0.15, -0.1) is 0 Å². The summed E-state index contributed by atoms with van der Waals surface area (Å²) in [7, 11) is -3.58. The summed E-state index contributed by atoms with van der Waals surface area (Å²) in [5.74, 6) is 0. The molecule has 3 rings (SSSR count). The SMILES string of the molecule is O=C(NC1CCN(S(=O)(=O)c2ccc(Cl)cc2)CC1)OCc1ccc(Cl)cc1Cl. The third kappa shape index (κ3) is 5.77. The molecule has 0 spiro atoms. The van der Waals surface area contributed by atoms with Crippen LogP contribution in [0.3, 0.4) is 0 Å². The van der Waals surface area contributed by atoms with Crippen LogP contribution in [0.15, 0.2) is 47.4 Å². The molecule has 2 aromatic carbocycles. The van der Waals surface area contributed by atoms with Gasteiger partial charge in [-0.05, 0) is 49.2 Å². The molecule has 0 saturated carbocycles. The molecule has 1 aliphatic rings. The molecule has 1 saturated heterocycles. The highest BCUT2D eigenvalue weighted by molar-refractivity contribution is 7.89. The van der Waals surface area contributed by atoms with Crippen molar-refractivity contribution in [2.75, 3.05) is 13.1 Å². The van der Waals surface area contributed by atoms with E-state index in [1.807, 2.05) is 0 Å². The van der Waals surface area contributed by atoms with Crippen LogP contribution in [0.1, 0.15) is 18.4 Å². The largest absolute Gasteiger partial charge is 0.445 e. The fourth-order valence-electron chi connectivity index (χ4n) is 2.99. The van der Waals surface area contributed by atoms with E-state index in [4.69, 9.17) is 39.5 Å². The Kier molecular flexibility index (Phi) is 7.29. The fourth-order valence-corrected chi connectivity index (χ4v) is 5.05. The lowest BCUT2D eigenvalue weighted by Crippen LogP contribution is -2.46. The molecule has 6 nitrogen and oxygen atoms in total. The van der Waals surface area contributed by atoms with Gasteiger partial charge < -0.3 is 10.1 Å². The third-order valence-electron chi connectivity index (χ3n) is 4.60. The van der Waals surface area contributed by atoms with Crippen molar-refractivity contribution < 1.29 is 17.9 Å². The quantitative estimate of drug-likeness (QED) is 0.676. The highest BCUT2D eigenvalue weighted by Crippen LogP contribution is 2.23. The zero-order valence-corrected chi connectivity index (χ0v) is 18.4. The van der Waals surface area contributed by atoms with Crippen LogP contribution in [0.4, 0.5) is 4.79 Å². The van der Waals surface area contributed by atoms with Crippen molar-refractivity contribution in [3.63, 3.8) is 0 Å². The van der Waals surface area contributed by atoms with Gasteiger partial charge in [-0.25, -0.2) is 13.2 Å². The molecule has 0 aromatic heterocycles. The Morgan fingerprint density at radius 2 is 1.66 bits per heavy atom. The van der Waals surface area contributed by atoms with E-state index >= 15 is 0 Å². The first-order valence-corrected chi connectivity index (χ1v) is 11.5. The number of nitrogens with zero attached hydrogens (tertiary/aromatic N) is 1. The van der Waals surface area contributed by atoms with E-state index in [2.05, 4.69) is 5.32 Å². The Morgan fingerprint density at radius 3 is 2.28 bits per heavy atom.